The summed E-state index contributed by atoms with van der Waals surface area (Å²) >= 11 is 11.8. The number of nitrogens with one attached hydrogen (secondary N) is 1. The van der Waals surface area contributed by atoms with Crippen LogP contribution < -0.4 is 5.32 Å². The molecule has 1 rings (SSSR count). The highest BCUT2D eigenvalue weighted by molar-refractivity contribution is 6.42. The van der Waals surface area contributed by atoms with Gasteiger partial charge in [-0.05, 0) is 30.5 Å². The van der Waals surface area contributed by atoms with Crippen LogP contribution >= 0.6 is 23.2 Å². The number of rotatable bonds is 7. The number of carbonyl (C=O) groups is 2. The highest BCUT2D eigenvalue weighted by atomic mass is 35.5. The topological polar surface area (TPSA) is 66.4 Å². The summed E-state index contributed by atoms with van der Waals surface area (Å²) in [5, 5.41) is 12.0. The minimum Gasteiger partial charge on any atom is -0.481 e. The van der Waals surface area contributed by atoms with Gasteiger partial charge in [0.05, 0.1) is 10.0 Å². The smallest absolute Gasteiger partial charge is 0.303 e. The summed E-state index contributed by atoms with van der Waals surface area (Å²) in [6, 6.07) is 5.17. The summed E-state index contributed by atoms with van der Waals surface area (Å²) in [6.07, 6.45) is 4.24. The first-order valence-electron chi connectivity index (χ1n) is 6.12. The van der Waals surface area contributed by atoms with Gasteiger partial charge in [0.15, 0.2) is 0 Å². The van der Waals surface area contributed by atoms with Crippen molar-refractivity contribution in [3.63, 3.8) is 0 Å². The second-order valence-corrected chi connectivity index (χ2v) is 4.90. The fraction of sp³-hybridized carbons (Fsp3) is 0.286. The van der Waals surface area contributed by atoms with Gasteiger partial charge in [0.1, 0.15) is 0 Å². The minimum absolute atomic E-state index is 0.115. The molecule has 0 radical (unpaired) electrons. The Morgan fingerprint density at radius 2 is 2.00 bits per heavy atom. The molecule has 0 spiro atoms. The van der Waals surface area contributed by atoms with E-state index in [4.69, 9.17) is 28.3 Å². The van der Waals surface area contributed by atoms with E-state index in [-0.39, 0.29) is 12.3 Å². The molecule has 0 saturated carbocycles. The van der Waals surface area contributed by atoms with Crippen molar-refractivity contribution in [2.45, 2.75) is 19.3 Å². The van der Waals surface area contributed by atoms with Crippen LogP contribution in [0.3, 0.4) is 0 Å². The van der Waals surface area contributed by atoms with Crippen molar-refractivity contribution in [1.29, 1.82) is 0 Å². The Kier molecular flexibility index (Phi) is 7.12. The van der Waals surface area contributed by atoms with Crippen LogP contribution in [0.15, 0.2) is 24.3 Å². The van der Waals surface area contributed by atoms with Crippen LogP contribution in [0.2, 0.25) is 10.0 Å². The third kappa shape index (κ3) is 6.08. The molecule has 0 unspecified atom stereocenters. The molecule has 2 N–H and O–H groups in total. The molecule has 1 aromatic rings. The maximum absolute atomic E-state index is 11.5. The maximum atomic E-state index is 11.5. The molecule has 0 bridgehead atoms. The third-order valence-corrected chi connectivity index (χ3v) is 3.35. The number of unbranched alkanes of at least 4 members (excludes halogenated alkanes) is 1. The van der Waals surface area contributed by atoms with E-state index in [1.807, 2.05) is 0 Å². The monoisotopic (exact) mass is 315 g/mol. The first-order chi connectivity index (χ1) is 9.50. The molecule has 0 aliphatic heterocycles. The van der Waals surface area contributed by atoms with Gasteiger partial charge in [-0.1, -0.05) is 35.3 Å². The molecule has 0 fully saturated rings. The number of carboxylic acid groups (broad SMARTS) is 1. The molecule has 0 saturated heterocycles. The standard InChI is InChI=1S/C14H15Cl2NO3/c15-11-5-3-4-10(14(11)16)7-8-12(18)17-9-2-1-6-13(19)20/h3-5,7-8H,1-2,6,9H2,(H,17,18)(H,19,20). The van der Waals surface area contributed by atoms with Gasteiger partial charge in [-0.3, -0.25) is 9.59 Å². The molecule has 0 aliphatic rings. The van der Waals surface area contributed by atoms with Crippen LogP contribution in [0.25, 0.3) is 6.08 Å². The molecule has 1 aromatic carbocycles. The molecule has 4 nitrogen and oxygen atoms in total. The van der Waals surface area contributed by atoms with Crippen molar-refractivity contribution < 1.29 is 14.7 Å². The number of amides is 1. The Morgan fingerprint density at radius 1 is 1.25 bits per heavy atom. The average Bonchev–Trinajstić information content (AvgIpc) is 2.39. The highest BCUT2D eigenvalue weighted by Gasteiger charge is 2.02. The van der Waals surface area contributed by atoms with E-state index in [2.05, 4.69) is 5.32 Å². The quantitative estimate of drug-likeness (QED) is 0.598. The molecule has 6 heteroatoms. The predicted molar refractivity (Wildman–Crippen MR) is 80.0 cm³/mol. The van der Waals surface area contributed by atoms with E-state index < -0.39 is 5.97 Å². The molecule has 0 atom stereocenters. The first-order valence-corrected chi connectivity index (χ1v) is 6.88. The zero-order chi connectivity index (χ0) is 15.0. The largest absolute Gasteiger partial charge is 0.481 e. The number of carbonyl (C=O) groups excluding carboxylic acids is 1. The van der Waals surface area contributed by atoms with Crippen molar-refractivity contribution in [3.8, 4) is 0 Å². The van der Waals surface area contributed by atoms with Gasteiger partial charge in [0.25, 0.3) is 0 Å². The Morgan fingerprint density at radius 3 is 2.70 bits per heavy atom. The van der Waals surface area contributed by atoms with Crippen LogP contribution in [0.1, 0.15) is 24.8 Å². The Hall–Kier alpha value is -1.52. The lowest BCUT2D eigenvalue weighted by Gasteiger charge is -2.02. The molecule has 0 aromatic heterocycles. The molecule has 0 aliphatic carbocycles. The summed E-state index contributed by atoms with van der Waals surface area (Å²) in [5.41, 5.74) is 0.667. The van der Waals surface area contributed by atoms with Gasteiger partial charge < -0.3 is 10.4 Å². The Balaban J connectivity index is 2.36. The molecular formula is C14H15Cl2NO3. The highest BCUT2D eigenvalue weighted by Crippen LogP contribution is 2.26. The van der Waals surface area contributed by atoms with Crippen LogP contribution in [0, 0.1) is 0 Å². The summed E-state index contributed by atoms with van der Waals surface area (Å²) < 4.78 is 0. The molecule has 1 amide bonds. The van der Waals surface area contributed by atoms with E-state index >= 15 is 0 Å². The molecule has 108 valence electrons. The van der Waals surface area contributed by atoms with E-state index in [1.165, 1.54) is 6.08 Å². The Bertz CT molecular complexity index is 515. The van der Waals surface area contributed by atoms with Gasteiger partial charge in [0, 0.05) is 19.0 Å². The van der Waals surface area contributed by atoms with Gasteiger partial charge in [-0.25, -0.2) is 0 Å². The van der Waals surface area contributed by atoms with E-state index in [1.54, 1.807) is 24.3 Å². The summed E-state index contributed by atoms with van der Waals surface area (Å²) in [5.74, 6) is -1.08. The van der Waals surface area contributed by atoms with Crippen LogP contribution in [0.5, 0.6) is 0 Å². The van der Waals surface area contributed by atoms with Crippen LogP contribution in [-0.2, 0) is 9.59 Å². The third-order valence-electron chi connectivity index (χ3n) is 2.51. The van der Waals surface area contributed by atoms with Crippen molar-refractivity contribution in [2.24, 2.45) is 0 Å². The summed E-state index contributed by atoms with van der Waals surface area (Å²) in [6.45, 7) is 0.444. The van der Waals surface area contributed by atoms with Gasteiger partial charge >= 0.3 is 5.97 Å². The summed E-state index contributed by atoms with van der Waals surface area (Å²) in [4.78, 5) is 21.8. The fourth-order valence-electron chi connectivity index (χ4n) is 1.49. The minimum atomic E-state index is -0.827. The van der Waals surface area contributed by atoms with E-state index in [0.717, 1.165) is 0 Å². The fourth-order valence-corrected chi connectivity index (χ4v) is 1.86. The normalized spacial score (nSPS) is 10.7. The van der Waals surface area contributed by atoms with Gasteiger partial charge in [-0.15, -0.1) is 0 Å². The SMILES string of the molecule is O=C(O)CCCCNC(=O)C=Cc1cccc(Cl)c1Cl. The lowest BCUT2D eigenvalue weighted by atomic mass is 10.2. The van der Waals surface area contributed by atoms with E-state index in [0.29, 0.717) is 35.0 Å². The number of halogens is 2. The maximum Gasteiger partial charge on any atom is 0.303 e. The first kappa shape index (κ1) is 16.5. The molecule has 20 heavy (non-hydrogen) atoms. The zero-order valence-electron chi connectivity index (χ0n) is 10.7. The number of hydrogen-bond acceptors (Lipinski definition) is 2. The van der Waals surface area contributed by atoms with Crippen molar-refractivity contribution in [2.75, 3.05) is 6.54 Å². The van der Waals surface area contributed by atoms with Crippen LogP contribution in [-0.4, -0.2) is 23.5 Å². The summed E-state index contributed by atoms with van der Waals surface area (Å²) in [7, 11) is 0. The zero-order valence-corrected chi connectivity index (χ0v) is 12.2. The van der Waals surface area contributed by atoms with Crippen LogP contribution in [0.4, 0.5) is 0 Å². The second kappa shape index (κ2) is 8.61. The van der Waals surface area contributed by atoms with Gasteiger partial charge in [0.2, 0.25) is 5.91 Å². The number of hydrogen-bond donors (Lipinski definition) is 2. The lowest BCUT2D eigenvalue weighted by Crippen LogP contribution is -2.22. The van der Waals surface area contributed by atoms with Gasteiger partial charge in [-0.2, -0.15) is 0 Å². The van der Waals surface area contributed by atoms with Crippen molar-refractivity contribution in [3.05, 3.63) is 39.9 Å². The number of carboxylic acids is 1. The second-order valence-electron chi connectivity index (χ2n) is 4.12. The predicted octanol–water partition coefficient (Wildman–Crippen LogP) is 3.38. The average molecular weight is 316 g/mol. The van der Waals surface area contributed by atoms with E-state index in [9.17, 15) is 9.59 Å². The number of aliphatic carboxylic acids is 1. The molecule has 0 heterocycles. The Labute approximate surface area is 127 Å². The van der Waals surface area contributed by atoms with Crippen molar-refractivity contribution in [1.82, 2.24) is 5.32 Å². The molecular weight excluding hydrogens is 301 g/mol. The van der Waals surface area contributed by atoms with Crippen molar-refractivity contribution >= 4 is 41.2 Å². The number of benzene rings is 1. The lowest BCUT2D eigenvalue weighted by molar-refractivity contribution is -0.137.